The molecule has 1 heterocycles. The molecular formula is C15H18N2O. The Balaban J connectivity index is 2.11. The van der Waals surface area contributed by atoms with Gasteiger partial charge in [-0.3, -0.25) is 4.98 Å². The number of ether oxygens (including phenoxy) is 1. The zero-order valence-electron chi connectivity index (χ0n) is 11.0. The fraction of sp³-hybridized carbons (Fsp3) is 0.267. The Morgan fingerprint density at radius 2 is 1.89 bits per heavy atom. The lowest BCUT2D eigenvalue weighted by Gasteiger charge is -2.12. The number of methoxy groups -OCH3 is 1. The maximum absolute atomic E-state index is 5.33. The second-order valence-electron chi connectivity index (χ2n) is 4.25. The van der Waals surface area contributed by atoms with E-state index in [-0.39, 0.29) is 0 Å². The lowest BCUT2D eigenvalue weighted by Crippen LogP contribution is -2.04. The van der Waals surface area contributed by atoms with Crippen LogP contribution in [0.3, 0.4) is 0 Å². The minimum absolute atomic E-state index is 0.732. The number of hydrogen-bond donors (Lipinski definition) is 1. The van der Waals surface area contributed by atoms with Crippen molar-refractivity contribution < 1.29 is 4.74 Å². The number of nitrogens with zero attached hydrogens (tertiary/aromatic N) is 1. The molecule has 18 heavy (non-hydrogen) atoms. The highest BCUT2D eigenvalue weighted by Gasteiger charge is 2.03. The first-order valence-electron chi connectivity index (χ1n) is 6.00. The molecule has 0 saturated carbocycles. The molecule has 1 aromatic carbocycles. The van der Waals surface area contributed by atoms with Gasteiger partial charge in [0, 0.05) is 17.8 Å². The van der Waals surface area contributed by atoms with Crippen molar-refractivity contribution in [3.05, 3.63) is 53.3 Å². The van der Waals surface area contributed by atoms with Crippen LogP contribution in [0.1, 0.15) is 17.0 Å². The number of nitrogens with one attached hydrogen (secondary N) is 1. The lowest BCUT2D eigenvalue weighted by atomic mass is 10.2. The third kappa shape index (κ3) is 2.80. The van der Waals surface area contributed by atoms with Gasteiger partial charge in [-0.05, 0) is 32.0 Å². The number of pyridine rings is 1. The van der Waals surface area contributed by atoms with Crippen LogP contribution >= 0.6 is 0 Å². The summed E-state index contributed by atoms with van der Waals surface area (Å²) in [6, 6.07) is 12.1. The number of para-hydroxylation sites is 1. The van der Waals surface area contributed by atoms with Gasteiger partial charge >= 0.3 is 0 Å². The van der Waals surface area contributed by atoms with E-state index in [1.54, 1.807) is 7.11 Å². The van der Waals surface area contributed by atoms with Crippen LogP contribution in [0.25, 0.3) is 0 Å². The van der Waals surface area contributed by atoms with E-state index in [4.69, 9.17) is 4.74 Å². The lowest BCUT2D eigenvalue weighted by molar-refractivity contribution is 0.410. The smallest absolute Gasteiger partial charge is 0.123 e. The van der Waals surface area contributed by atoms with Gasteiger partial charge in [-0.1, -0.05) is 18.2 Å². The molecule has 2 aromatic rings. The topological polar surface area (TPSA) is 34.1 Å². The first-order valence-corrected chi connectivity index (χ1v) is 6.00. The van der Waals surface area contributed by atoms with Gasteiger partial charge in [-0.2, -0.15) is 0 Å². The molecule has 0 aliphatic rings. The average Bonchev–Trinajstić information content (AvgIpc) is 2.38. The molecule has 1 aromatic heterocycles. The Bertz CT molecular complexity index is 538. The van der Waals surface area contributed by atoms with Crippen LogP contribution in [0.4, 0.5) is 5.69 Å². The Morgan fingerprint density at radius 3 is 2.61 bits per heavy atom. The largest absolute Gasteiger partial charge is 0.496 e. The van der Waals surface area contributed by atoms with E-state index in [1.165, 1.54) is 0 Å². The van der Waals surface area contributed by atoms with Crippen LogP contribution in [-0.4, -0.2) is 12.1 Å². The Morgan fingerprint density at radius 1 is 1.11 bits per heavy atom. The average molecular weight is 242 g/mol. The molecule has 94 valence electrons. The van der Waals surface area contributed by atoms with Gasteiger partial charge in [0.1, 0.15) is 5.75 Å². The molecule has 0 amide bonds. The van der Waals surface area contributed by atoms with Crippen molar-refractivity contribution >= 4 is 5.69 Å². The standard InChI is InChI=1S/C15H18N2O/c1-11-8-9-14(12(2)17-11)16-10-13-6-4-5-7-15(13)18-3/h4-9,16H,10H2,1-3H3. The van der Waals surface area contributed by atoms with Gasteiger partial charge < -0.3 is 10.1 Å². The van der Waals surface area contributed by atoms with Crippen LogP contribution in [0.15, 0.2) is 36.4 Å². The van der Waals surface area contributed by atoms with Gasteiger partial charge in [-0.15, -0.1) is 0 Å². The minimum atomic E-state index is 0.732. The summed E-state index contributed by atoms with van der Waals surface area (Å²) in [5, 5.41) is 3.39. The predicted molar refractivity (Wildman–Crippen MR) is 74.0 cm³/mol. The monoisotopic (exact) mass is 242 g/mol. The number of aryl methyl sites for hydroxylation is 2. The molecule has 0 radical (unpaired) electrons. The van der Waals surface area contributed by atoms with E-state index in [0.29, 0.717) is 0 Å². The molecule has 0 spiro atoms. The highest BCUT2D eigenvalue weighted by atomic mass is 16.5. The normalized spacial score (nSPS) is 10.2. The molecule has 0 aliphatic carbocycles. The molecule has 0 saturated heterocycles. The van der Waals surface area contributed by atoms with Crippen LogP contribution in [0.2, 0.25) is 0 Å². The van der Waals surface area contributed by atoms with Crippen molar-refractivity contribution in [1.82, 2.24) is 4.98 Å². The highest BCUT2D eigenvalue weighted by Crippen LogP contribution is 2.20. The summed E-state index contributed by atoms with van der Waals surface area (Å²) in [7, 11) is 1.69. The fourth-order valence-electron chi connectivity index (χ4n) is 1.91. The second-order valence-corrected chi connectivity index (χ2v) is 4.25. The molecule has 1 N–H and O–H groups in total. The van der Waals surface area contributed by atoms with Crippen molar-refractivity contribution in [2.75, 3.05) is 12.4 Å². The Labute approximate surface area is 108 Å². The van der Waals surface area contributed by atoms with E-state index in [1.807, 2.05) is 38.1 Å². The van der Waals surface area contributed by atoms with E-state index in [9.17, 15) is 0 Å². The van der Waals surface area contributed by atoms with Crippen molar-refractivity contribution in [3.8, 4) is 5.75 Å². The predicted octanol–water partition coefficient (Wildman–Crippen LogP) is 3.32. The highest BCUT2D eigenvalue weighted by molar-refractivity contribution is 5.49. The van der Waals surface area contributed by atoms with Crippen molar-refractivity contribution in [1.29, 1.82) is 0 Å². The van der Waals surface area contributed by atoms with Gasteiger partial charge in [0.05, 0.1) is 18.5 Å². The van der Waals surface area contributed by atoms with Gasteiger partial charge in [0.15, 0.2) is 0 Å². The van der Waals surface area contributed by atoms with Crippen LogP contribution in [0, 0.1) is 13.8 Å². The van der Waals surface area contributed by atoms with E-state index < -0.39 is 0 Å². The van der Waals surface area contributed by atoms with E-state index in [2.05, 4.69) is 22.4 Å². The summed E-state index contributed by atoms with van der Waals surface area (Å²) < 4.78 is 5.33. The molecule has 0 bridgehead atoms. The molecular weight excluding hydrogens is 224 g/mol. The van der Waals surface area contributed by atoms with Crippen molar-refractivity contribution in [2.24, 2.45) is 0 Å². The summed E-state index contributed by atoms with van der Waals surface area (Å²) >= 11 is 0. The van der Waals surface area contributed by atoms with Gasteiger partial charge in [-0.25, -0.2) is 0 Å². The molecule has 3 heteroatoms. The number of hydrogen-bond acceptors (Lipinski definition) is 3. The molecule has 0 fully saturated rings. The third-order valence-electron chi connectivity index (χ3n) is 2.89. The zero-order chi connectivity index (χ0) is 13.0. The number of anilines is 1. The molecule has 0 aliphatic heterocycles. The quantitative estimate of drug-likeness (QED) is 0.893. The molecule has 0 atom stereocenters. The maximum atomic E-state index is 5.33. The van der Waals surface area contributed by atoms with Gasteiger partial charge in [0.2, 0.25) is 0 Å². The van der Waals surface area contributed by atoms with Gasteiger partial charge in [0.25, 0.3) is 0 Å². The fourth-order valence-corrected chi connectivity index (χ4v) is 1.91. The Hall–Kier alpha value is -2.03. The minimum Gasteiger partial charge on any atom is -0.496 e. The second kappa shape index (κ2) is 5.54. The molecule has 3 nitrogen and oxygen atoms in total. The molecule has 0 unspecified atom stereocenters. The summed E-state index contributed by atoms with van der Waals surface area (Å²) in [4.78, 5) is 4.43. The van der Waals surface area contributed by atoms with Crippen molar-refractivity contribution in [2.45, 2.75) is 20.4 Å². The summed E-state index contributed by atoms with van der Waals surface area (Å²) in [6.07, 6.45) is 0. The number of rotatable bonds is 4. The van der Waals surface area contributed by atoms with Crippen molar-refractivity contribution in [3.63, 3.8) is 0 Å². The summed E-state index contributed by atoms with van der Waals surface area (Å²) in [5.74, 6) is 0.905. The maximum Gasteiger partial charge on any atom is 0.123 e. The summed E-state index contributed by atoms with van der Waals surface area (Å²) in [6.45, 7) is 4.74. The van der Waals surface area contributed by atoms with Crippen LogP contribution < -0.4 is 10.1 Å². The first-order chi connectivity index (χ1) is 8.70. The Kier molecular flexibility index (Phi) is 3.82. The zero-order valence-corrected chi connectivity index (χ0v) is 11.0. The first kappa shape index (κ1) is 12.4. The van der Waals surface area contributed by atoms with Crippen LogP contribution in [0.5, 0.6) is 5.75 Å². The number of aromatic nitrogens is 1. The summed E-state index contributed by atoms with van der Waals surface area (Å²) in [5.41, 5.74) is 4.26. The van der Waals surface area contributed by atoms with Crippen LogP contribution in [-0.2, 0) is 6.54 Å². The SMILES string of the molecule is COc1ccccc1CNc1ccc(C)nc1C. The van der Waals surface area contributed by atoms with E-state index in [0.717, 1.165) is 34.9 Å². The number of benzene rings is 1. The molecule has 2 rings (SSSR count). The third-order valence-corrected chi connectivity index (χ3v) is 2.89. The van der Waals surface area contributed by atoms with E-state index >= 15 is 0 Å².